The fraction of sp³-hybridized carbons (Fsp3) is 0.545. The maximum atomic E-state index is 13.0. The normalized spacial score (nSPS) is 22.3. The van der Waals surface area contributed by atoms with E-state index in [0.717, 1.165) is 0 Å². The van der Waals surface area contributed by atoms with E-state index in [0.29, 0.717) is 5.69 Å². The predicted octanol–water partition coefficient (Wildman–Crippen LogP) is 1.15. The van der Waals surface area contributed by atoms with E-state index in [-0.39, 0.29) is 10.7 Å². The van der Waals surface area contributed by atoms with Crippen LogP contribution in [0.5, 0.6) is 0 Å². The van der Waals surface area contributed by atoms with Gasteiger partial charge in [0.25, 0.3) is 18.8 Å². The van der Waals surface area contributed by atoms with E-state index >= 15 is 0 Å². The summed E-state index contributed by atoms with van der Waals surface area (Å²) < 4.78 is 52.5. The second kappa shape index (κ2) is 5.10. The number of rotatable bonds is 3. The first-order valence-corrected chi connectivity index (χ1v) is 5.88. The number of hydrazone groups is 1. The Morgan fingerprint density at radius 2 is 2.05 bits per heavy atom. The number of halogens is 4. The molecule has 10 heteroatoms. The van der Waals surface area contributed by atoms with Crippen LogP contribution in [0.1, 0.15) is 22.6 Å². The maximum absolute atomic E-state index is 13.0. The number of alkyl halides is 4. The number of aliphatic hydroxyl groups is 1. The molecule has 1 N–H and O–H groups in total. The minimum absolute atomic E-state index is 0.0130. The van der Waals surface area contributed by atoms with Gasteiger partial charge in [0, 0.05) is 19.2 Å². The topological polar surface area (TPSA) is 70.7 Å². The molecule has 0 spiro atoms. The first kappa shape index (κ1) is 15.4. The van der Waals surface area contributed by atoms with Gasteiger partial charge in [0.1, 0.15) is 5.71 Å². The highest BCUT2D eigenvalue weighted by Crippen LogP contribution is 2.34. The van der Waals surface area contributed by atoms with Gasteiger partial charge in [0.2, 0.25) is 5.72 Å². The van der Waals surface area contributed by atoms with Crippen LogP contribution in [0.15, 0.2) is 11.2 Å². The molecule has 1 atom stereocenters. The lowest BCUT2D eigenvalue weighted by molar-refractivity contribution is -0.164. The van der Waals surface area contributed by atoms with E-state index in [1.165, 1.54) is 17.8 Å². The lowest BCUT2D eigenvalue weighted by Gasteiger charge is -2.29. The second-order valence-corrected chi connectivity index (χ2v) is 4.66. The molecule has 2 heterocycles. The smallest absolute Gasteiger partial charge is 0.297 e. The number of aryl methyl sites for hydroxylation is 2. The van der Waals surface area contributed by atoms with Gasteiger partial charge < -0.3 is 5.11 Å². The molecular weight excluding hydrogens is 296 g/mol. The Morgan fingerprint density at radius 3 is 2.48 bits per heavy atom. The first-order valence-electron chi connectivity index (χ1n) is 5.88. The molecule has 0 radical (unpaired) electrons. The van der Waals surface area contributed by atoms with E-state index in [1.807, 2.05) is 0 Å². The van der Waals surface area contributed by atoms with E-state index < -0.39 is 36.6 Å². The summed E-state index contributed by atoms with van der Waals surface area (Å²) in [5.74, 6) is -1.17. The molecular formula is C11H12F4N4O2. The molecule has 0 aromatic carbocycles. The summed E-state index contributed by atoms with van der Waals surface area (Å²) in [7, 11) is 1.52. The zero-order valence-corrected chi connectivity index (χ0v) is 11.1. The monoisotopic (exact) mass is 308 g/mol. The van der Waals surface area contributed by atoms with Gasteiger partial charge in [-0.05, 0) is 13.0 Å². The second-order valence-electron chi connectivity index (χ2n) is 4.66. The van der Waals surface area contributed by atoms with Crippen molar-refractivity contribution in [1.82, 2.24) is 14.8 Å². The van der Waals surface area contributed by atoms with Crippen molar-refractivity contribution in [3.63, 3.8) is 0 Å². The Bertz CT molecular complexity index is 582. The fourth-order valence-electron chi connectivity index (χ4n) is 1.88. The third-order valence-electron chi connectivity index (χ3n) is 3.16. The zero-order chi connectivity index (χ0) is 15.9. The Morgan fingerprint density at radius 1 is 1.43 bits per heavy atom. The SMILES string of the molecule is Cc1cc(C(=O)N2N=C(C(F)F)C[C@@]2(O)C(F)F)nn1C. The Labute approximate surface area is 116 Å². The highest BCUT2D eigenvalue weighted by atomic mass is 19.3. The average molecular weight is 308 g/mol. The van der Waals surface area contributed by atoms with Crippen LogP contribution in [-0.4, -0.2) is 50.1 Å². The molecule has 0 bridgehead atoms. The molecule has 0 unspecified atom stereocenters. The maximum Gasteiger partial charge on any atom is 0.297 e. The van der Waals surface area contributed by atoms with Gasteiger partial charge in [-0.25, -0.2) is 17.6 Å². The van der Waals surface area contributed by atoms with E-state index in [9.17, 15) is 27.5 Å². The molecule has 0 fully saturated rings. The van der Waals surface area contributed by atoms with Gasteiger partial charge in [0.05, 0.1) is 0 Å². The van der Waals surface area contributed by atoms with E-state index in [2.05, 4.69) is 10.2 Å². The highest BCUT2D eigenvalue weighted by Gasteiger charge is 2.53. The summed E-state index contributed by atoms with van der Waals surface area (Å²) >= 11 is 0. The Balaban J connectivity index is 2.40. The largest absolute Gasteiger partial charge is 0.364 e. The zero-order valence-electron chi connectivity index (χ0n) is 11.1. The number of amides is 1. The van der Waals surface area contributed by atoms with Crippen LogP contribution in [0.2, 0.25) is 0 Å². The minimum Gasteiger partial charge on any atom is -0.364 e. The van der Waals surface area contributed by atoms with Crippen LogP contribution in [0.4, 0.5) is 17.6 Å². The molecule has 1 aromatic rings. The van der Waals surface area contributed by atoms with Crippen molar-refractivity contribution in [1.29, 1.82) is 0 Å². The van der Waals surface area contributed by atoms with Gasteiger partial charge in [-0.2, -0.15) is 15.2 Å². The molecule has 1 aliphatic rings. The molecule has 1 aromatic heterocycles. The molecule has 116 valence electrons. The van der Waals surface area contributed by atoms with Crippen molar-refractivity contribution in [2.75, 3.05) is 0 Å². The summed E-state index contributed by atoms with van der Waals surface area (Å²) in [6.45, 7) is 1.61. The number of hydrogen-bond acceptors (Lipinski definition) is 4. The third kappa shape index (κ3) is 2.50. The fourth-order valence-corrected chi connectivity index (χ4v) is 1.88. The van der Waals surface area contributed by atoms with Crippen molar-refractivity contribution in [3.8, 4) is 0 Å². The van der Waals surface area contributed by atoms with Gasteiger partial charge in [-0.15, -0.1) is 0 Å². The molecule has 21 heavy (non-hydrogen) atoms. The van der Waals surface area contributed by atoms with E-state index in [4.69, 9.17) is 0 Å². The summed E-state index contributed by atoms with van der Waals surface area (Å²) in [5, 5.41) is 16.7. The van der Waals surface area contributed by atoms with Crippen molar-refractivity contribution in [2.45, 2.75) is 31.9 Å². The van der Waals surface area contributed by atoms with Crippen LogP contribution < -0.4 is 0 Å². The molecule has 0 aliphatic carbocycles. The summed E-state index contributed by atoms with van der Waals surface area (Å²) in [5.41, 5.74) is -3.78. The number of aromatic nitrogens is 2. The molecule has 1 aliphatic heterocycles. The molecule has 0 saturated heterocycles. The Hall–Kier alpha value is -1.97. The van der Waals surface area contributed by atoms with Crippen molar-refractivity contribution in [2.24, 2.45) is 12.1 Å². The summed E-state index contributed by atoms with van der Waals surface area (Å²) in [6.07, 6.45) is -7.70. The van der Waals surface area contributed by atoms with Crippen LogP contribution in [-0.2, 0) is 7.05 Å². The lowest BCUT2D eigenvalue weighted by atomic mass is 10.1. The van der Waals surface area contributed by atoms with Crippen molar-refractivity contribution < 1.29 is 27.5 Å². The van der Waals surface area contributed by atoms with Crippen molar-refractivity contribution in [3.05, 3.63) is 17.5 Å². The van der Waals surface area contributed by atoms with Crippen LogP contribution in [0.3, 0.4) is 0 Å². The minimum atomic E-state index is -3.45. The molecule has 1 amide bonds. The first-order chi connectivity index (χ1) is 9.66. The van der Waals surface area contributed by atoms with Crippen molar-refractivity contribution >= 4 is 11.6 Å². The number of nitrogens with zero attached hydrogens (tertiary/aromatic N) is 4. The van der Waals surface area contributed by atoms with Gasteiger partial charge in [-0.1, -0.05) is 0 Å². The van der Waals surface area contributed by atoms with Gasteiger partial charge >= 0.3 is 0 Å². The van der Waals surface area contributed by atoms with Crippen LogP contribution in [0.25, 0.3) is 0 Å². The third-order valence-corrected chi connectivity index (χ3v) is 3.16. The quantitative estimate of drug-likeness (QED) is 0.852. The number of hydrogen-bond donors (Lipinski definition) is 1. The molecule has 0 saturated carbocycles. The predicted molar refractivity (Wildman–Crippen MR) is 63.1 cm³/mol. The number of carbonyl (C=O) groups is 1. The van der Waals surface area contributed by atoms with Crippen LogP contribution >= 0.6 is 0 Å². The molecule has 6 nitrogen and oxygen atoms in total. The number of carbonyl (C=O) groups excluding carboxylic acids is 1. The van der Waals surface area contributed by atoms with Gasteiger partial charge in [0.15, 0.2) is 5.69 Å². The summed E-state index contributed by atoms with van der Waals surface area (Å²) in [4.78, 5) is 12.1. The Kier molecular flexibility index (Phi) is 3.74. The van der Waals surface area contributed by atoms with Crippen LogP contribution in [0, 0.1) is 6.92 Å². The lowest BCUT2D eigenvalue weighted by Crippen LogP contribution is -2.51. The summed E-state index contributed by atoms with van der Waals surface area (Å²) in [6, 6.07) is 1.28. The standard InChI is InChI=1S/C11H12F4N4O2/c1-5-3-6(16-18(5)2)9(20)19-11(21,10(14)15)4-7(17-19)8(12)13/h3,8,10,21H,4H2,1-2H3/t11-/m1/s1. The molecule has 2 rings (SSSR count). The van der Waals surface area contributed by atoms with Gasteiger partial charge in [-0.3, -0.25) is 9.48 Å². The average Bonchev–Trinajstić information content (AvgIpc) is 2.91. The highest BCUT2D eigenvalue weighted by molar-refractivity contribution is 5.98. The van der Waals surface area contributed by atoms with E-state index in [1.54, 1.807) is 6.92 Å².